The van der Waals surface area contributed by atoms with E-state index in [4.69, 9.17) is 11.6 Å². The summed E-state index contributed by atoms with van der Waals surface area (Å²) in [4.78, 5) is 0. The Morgan fingerprint density at radius 3 is 2.55 bits per heavy atom. The number of fused-ring (bicyclic) bond motifs is 1. The van der Waals surface area contributed by atoms with Gasteiger partial charge >= 0.3 is 0 Å². The van der Waals surface area contributed by atoms with Crippen LogP contribution in [0.3, 0.4) is 0 Å². The molecule has 4 rings (SSSR count). The third-order valence-corrected chi connectivity index (χ3v) is 3.88. The number of halogens is 1. The second kappa shape index (κ2) is 5.27. The fraction of sp³-hybridized carbons (Fsp3) is 0.0625. The molecule has 108 valence electrons. The van der Waals surface area contributed by atoms with E-state index in [1.807, 2.05) is 42.5 Å². The summed E-state index contributed by atoms with van der Waals surface area (Å²) in [6.45, 7) is 0. The van der Waals surface area contributed by atoms with Crippen molar-refractivity contribution < 1.29 is 0 Å². The molecule has 0 radical (unpaired) electrons. The highest BCUT2D eigenvalue weighted by Crippen LogP contribution is 2.31. The Kier molecular flexibility index (Phi) is 3.12. The Morgan fingerprint density at radius 2 is 1.77 bits per heavy atom. The molecule has 2 aromatic carbocycles. The molecule has 0 unspecified atom stereocenters. The molecule has 0 saturated carbocycles. The number of rotatable bonds is 2. The van der Waals surface area contributed by atoms with Gasteiger partial charge in [0.25, 0.3) is 0 Å². The zero-order valence-electron chi connectivity index (χ0n) is 11.5. The first-order valence-corrected chi connectivity index (χ1v) is 7.27. The summed E-state index contributed by atoms with van der Waals surface area (Å²) >= 11 is 5.98. The van der Waals surface area contributed by atoms with E-state index in [1.54, 1.807) is 4.68 Å². The SMILES string of the molecule is Clc1ccc([C@H]2C=C(c3ccccc3)Nc3nnnn32)cc1. The second-order valence-corrected chi connectivity index (χ2v) is 5.45. The Morgan fingerprint density at radius 1 is 1.00 bits per heavy atom. The van der Waals surface area contributed by atoms with Gasteiger partial charge in [-0.15, -0.1) is 0 Å². The molecule has 3 aromatic rings. The van der Waals surface area contributed by atoms with Crippen molar-refractivity contribution >= 4 is 23.2 Å². The van der Waals surface area contributed by atoms with E-state index in [1.165, 1.54) is 0 Å². The highest BCUT2D eigenvalue weighted by atomic mass is 35.5. The summed E-state index contributed by atoms with van der Waals surface area (Å²) in [5.41, 5.74) is 3.16. The minimum absolute atomic E-state index is 0.0706. The first kappa shape index (κ1) is 13.0. The third kappa shape index (κ3) is 2.25. The van der Waals surface area contributed by atoms with Crippen LogP contribution in [-0.2, 0) is 0 Å². The number of anilines is 1. The molecule has 0 spiro atoms. The van der Waals surface area contributed by atoms with Gasteiger partial charge < -0.3 is 5.32 Å². The molecule has 2 heterocycles. The lowest BCUT2D eigenvalue weighted by Gasteiger charge is -2.23. The molecule has 1 atom stereocenters. The van der Waals surface area contributed by atoms with Crippen LogP contribution in [0.2, 0.25) is 5.02 Å². The van der Waals surface area contributed by atoms with Crippen molar-refractivity contribution in [3.8, 4) is 0 Å². The zero-order valence-corrected chi connectivity index (χ0v) is 12.3. The molecule has 0 bridgehead atoms. The topological polar surface area (TPSA) is 55.6 Å². The number of tetrazole rings is 1. The predicted molar refractivity (Wildman–Crippen MR) is 85.4 cm³/mol. The van der Waals surface area contributed by atoms with E-state index in [0.29, 0.717) is 11.0 Å². The van der Waals surface area contributed by atoms with Crippen LogP contribution in [0.4, 0.5) is 5.95 Å². The molecule has 0 amide bonds. The molecule has 0 aliphatic carbocycles. The number of nitrogens with one attached hydrogen (secondary N) is 1. The van der Waals surface area contributed by atoms with Crippen LogP contribution in [0.1, 0.15) is 17.2 Å². The zero-order chi connectivity index (χ0) is 14.9. The molecule has 6 heteroatoms. The van der Waals surface area contributed by atoms with E-state index in [-0.39, 0.29) is 6.04 Å². The fourth-order valence-electron chi connectivity index (χ4n) is 2.54. The van der Waals surface area contributed by atoms with Gasteiger partial charge in [0.05, 0.1) is 0 Å². The normalized spacial score (nSPS) is 16.6. The predicted octanol–water partition coefficient (Wildman–Crippen LogP) is 3.38. The van der Waals surface area contributed by atoms with E-state index in [0.717, 1.165) is 16.8 Å². The van der Waals surface area contributed by atoms with Gasteiger partial charge in [-0.2, -0.15) is 4.68 Å². The monoisotopic (exact) mass is 309 g/mol. The molecule has 1 aliphatic rings. The van der Waals surface area contributed by atoms with Crippen LogP contribution >= 0.6 is 11.6 Å². The first-order chi connectivity index (χ1) is 10.8. The van der Waals surface area contributed by atoms with Gasteiger partial charge in [-0.25, -0.2) is 0 Å². The van der Waals surface area contributed by atoms with Crippen LogP contribution in [-0.4, -0.2) is 20.2 Å². The van der Waals surface area contributed by atoms with E-state index in [2.05, 4.69) is 39.1 Å². The Labute approximate surface area is 132 Å². The maximum Gasteiger partial charge on any atom is 0.248 e. The van der Waals surface area contributed by atoms with E-state index < -0.39 is 0 Å². The Bertz CT molecular complexity index is 823. The second-order valence-electron chi connectivity index (χ2n) is 5.01. The molecule has 22 heavy (non-hydrogen) atoms. The van der Waals surface area contributed by atoms with E-state index >= 15 is 0 Å². The molecular formula is C16H12ClN5. The molecule has 1 aromatic heterocycles. The highest BCUT2D eigenvalue weighted by molar-refractivity contribution is 6.30. The van der Waals surface area contributed by atoms with Crippen molar-refractivity contribution in [3.63, 3.8) is 0 Å². The van der Waals surface area contributed by atoms with E-state index in [9.17, 15) is 0 Å². The third-order valence-electron chi connectivity index (χ3n) is 3.62. The minimum Gasteiger partial charge on any atom is -0.323 e. The van der Waals surface area contributed by atoms with Gasteiger partial charge in [0.1, 0.15) is 6.04 Å². The molecule has 5 nitrogen and oxygen atoms in total. The van der Waals surface area contributed by atoms with Gasteiger partial charge in [-0.3, -0.25) is 0 Å². The standard InChI is InChI=1S/C16H12ClN5/c17-13-8-6-12(7-9-13)15-10-14(11-4-2-1-3-5-11)18-16-19-20-21-22(15)16/h1-10,15H,(H,18,19,21)/t15-/m1/s1. The lowest BCUT2D eigenvalue weighted by atomic mass is 10.0. The van der Waals surface area contributed by atoms with Crippen LogP contribution in [0.5, 0.6) is 0 Å². The largest absolute Gasteiger partial charge is 0.323 e. The van der Waals surface area contributed by atoms with Crippen LogP contribution in [0.25, 0.3) is 5.70 Å². The van der Waals surface area contributed by atoms with Crippen LogP contribution in [0.15, 0.2) is 60.7 Å². The number of aromatic nitrogens is 4. The number of benzene rings is 2. The van der Waals surface area contributed by atoms with Crippen molar-refractivity contribution in [3.05, 3.63) is 76.8 Å². The Balaban J connectivity index is 1.81. The van der Waals surface area contributed by atoms with Gasteiger partial charge in [0, 0.05) is 10.7 Å². The van der Waals surface area contributed by atoms with Gasteiger partial charge in [-0.1, -0.05) is 59.2 Å². The summed E-state index contributed by atoms with van der Waals surface area (Å²) in [5.74, 6) is 0.626. The maximum atomic E-state index is 5.98. The van der Waals surface area contributed by atoms with Gasteiger partial charge in [0.2, 0.25) is 5.95 Å². The molecule has 0 saturated heterocycles. The van der Waals surface area contributed by atoms with Gasteiger partial charge in [-0.05, 0) is 39.8 Å². The average molecular weight is 310 g/mol. The van der Waals surface area contributed by atoms with Crippen LogP contribution in [0, 0.1) is 0 Å². The number of hydrogen-bond acceptors (Lipinski definition) is 4. The van der Waals surface area contributed by atoms with Crippen molar-refractivity contribution in [2.24, 2.45) is 0 Å². The van der Waals surface area contributed by atoms with Gasteiger partial charge in [0.15, 0.2) is 0 Å². The molecular weight excluding hydrogens is 298 g/mol. The number of allylic oxidation sites excluding steroid dienone is 1. The fourth-order valence-corrected chi connectivity index (χ4v) is 2.66. The smallest absolute Gasteiger partial charge is 0.248 e. The van der Waals surface area contributed by atoms with Crippen molar-refractivity contribution in [1.29, 1.82) is 0 Å². The summed E-state index contributed by atoms with van der Waals surface area (Å²) in [5, 5.41) is 15.9. The lowest BCUT2D eigenvalue weighted by Crippen LogP contribution is -2.20. The number of hydrogen-bond donors (Lipinski definition) is 1. The Hall–Kier alpha value is -2.66. The molecule has 0 fully saturated rings. The van der Waals surface area contributed by atoms with Crippen molar-refractivity contribution in [1.82, 2.24) is 20.2 Å². The summed E-state index contributed by atoms with van der Waals surface area (Å²) in [6.07, 6.45) is 2.11. The lowest BCUT2D eigenvalue weighted by molar-refractivity contribution is 0.586. The summed E-state index contributed by atoms with van der Waals surface area (Å²) in [6, 6.07) is 17.8. The number of nitrogens with zero attached hydrogens (tertiary/aromatic N) is 4. The minimum atomic E-state index is -0.0706. The molecule has 1 aliphatic heterocycles. The quantitative estimate of drug-likeness (QED) is 0.788. The van der Waals surface area contributed by atoms with Crippen LogP contribution < -0.4 is 5.32 Å². The first-order valence-electron chi connectivity index (χ1n) is 6.89. The van der Waals surface area contributed by atoms with Crippen molar-refractivity contribution in [2.45, 2.75) is 6.04 Å². The molecule has 1 N–H and O–H groups in total. The summed E-state index contributed by atoms with van der Waals surface area (Å²) < 4.78 is 1.76. The average Bonchev–Trinajstić information content (AvgIpc) is 3.04. The highest BCUT2D eigenvalue weighted by Gasteiger charge is 2.24. The van der Waals surface area contributed by atoms with Crippen molar-refractivity contribution in [2.75, 3.05) is 5.32 Å². The summed E-state index contributed by atoms with van der Waals surface area (Å²) in [7, 11) is 0. The maximum absolute atomic E-state index is 5.98.